The number of nitrogens with zero attached hydrogens (tertiary/aromatic N) is 1. The Morgan fingerprint density at radius 2 is 1.66 bits per heavy atom. The average Bonchev–Trinajstić information content (AvgIpc) is 2.87. The van der Waals surface area contributed by atoms with E-state index in [4.69, 9.17) is 27.9 Å². The first kappa shape index (κ1) is 26.6. The molecule has 3 aromatic rings. The maximum absolute atomic E-state index is 13.5. The molecular weight excluding hydrogens is 483 g/mol. The third kappa shape index (κ3) is 8.30. The SMILES string of the molecule is CCCCNC(=O)[C@H](Cc1ccccc1)N(Cc1ccc(Cl)cc1Cl)C(=O)COc1ccccc1. The van der Waals surface area contributed by atoms with Crippen LogP contribution in [0.25, 0.3) is 0 Å². The molecule has 0 aliphatic rings. The van der Waals surface area contributed by atoms with E-state index in [1.807, 2.05) is 48.5 Å². The van der Waals surface area contributed by atoms with Crippen molar-refractivity contribution >= 4 is 35.0 Å². The third-order valence-corrected chi connectivity index (χ3v) is 6.15. The second-order valence-corrected chi connectivity index (χ2v) is 9.05. The van der Waals surface area contributed by atoms with Crippen molar-refractivity contribution in [2.45, 2.75) is 38.8 Å². The highest BCUT2D eigenvalue weighted by atomic mass is 35.5. The van der Waals surface area contributed by atoms with Gasteiger partial charge in [-0.2, -0.15) is 0 Å². The Morgan fingerprint density at radius 3 is 2.31 bits per heavy atom. The molecule has 0 bridgehead atoms. The van der Waals surface area contributed by atoms with E-state index in [2.05, 4.69) is 12.2 Å². The summed E-state index contributed by atoms with van der Waals surface area (Å²) in [6, 6.07) is 23.2. The summed E-state index contributed by atoms with van der Waals surface area (Å²) in [5.74, 6) is 0.0595. The molecule has 0 saturated heterocycles. The second kappa shape index (κ2) is 13.8. The topological polar surface area (TPSA) is 58.6 Å². The molecule has 0 aliphatic carbocycles. The van der Waals surface area contributed by atoms with Crippen LogP contribution in [0.5, 0.6) is 5.75 Å². The number of hydrogen-bond donors (Lipinski definition) is 1. The molecule has 2 amide bonds. The number of nitrogens with one attached hydrogen (secondary N) is 1. The predicted molar refractivity (Wildman–Crippen MR) is 141 cm³/mol. The van der Waals surface area contributed by atoms with Gasteiger partial charge in [0.05, 0.1) is 0 Å². The molecule has 184 valence electrons. The van der Waals surface area contributed by atoms with Crippen LogP contribution in [0, 0.1) is 0 Å². The number of ether oxygens (including phenoxy) is 1. The lowest BCUT2D eigenvalue weighted by Gasteiger charge is -2.31. The quantitative estimate of drug-likeness (QED) is 0.306. The van der Waals surface area contributed by atoms with Crippen molar-refractivity contribution in [1.82, 2.24) is 10.2 Å². The molecule has 0 radical (unpaired) electrons. The number of para-hydroxylation sites is 1. The molecule has 0 fully saturated rings. The highest BCUT2D eigenvalue weighted by Gasteiger charge is 2.31. The minimum atomic E-state index is -0.743. The highest BCUT2D eigenvalue weighted by molar-refractivity contribution is 6.35. The molecule has 1 N–H and O–H groups in total. The Balaban J connectivity index is 1.91. The van der Waals surface area contributed by atoms with Crippen molar-refractivity contribution in [1.29, 1.82) is 0 Å². The maximum atomic E-state index is 13.5. The lowest BCUT2D eigenvalue weighted by atomic mass is 10.0. The fourth-order valence-corrected chi connectivity index (χ4v) is 4.11. The number of carbonyl (C=O) groups excluding carboxylic acids is 2. The van der Waals surface area contributed by atoms with Crippen LogP contribution in [0.3, 0.4) is 0 Å². The zero-order valence-electron chi connectivity index (χ0n) is 19.8. The first-order valence-corrected chi connectivity index (χ1v) is 12.5. The maximum Gasteiger partial charge on any atom is 0.261 e. The van der Waals surface area contributed by atoms with Gasteiger partial charge < -0.3 is 15.0 Å². The van der Waals surface area contributed by atoms with E-state index >= 15 is 0 Å². The van der Waals surface area contributed by atoms with Crippen molar-refractivity contribution in [3.05, 3.63) is 100 Å². The number of amides is 2. The first-order chi connectivity index (χ1) is 17.0. The molecule has 0 aliphatic heterocycles. The van der Waals surface area contributed by atoms with Crippen LogP contribution in [0.4, 0.5) is 0 Å². The number of benzene rings is 3. The van der Waals surface area contributed by atoms with Crippen molar-refractivity contribution < 1.29 is 14.3 Å². The fraction of sp³-hybridized carbons (Fsp3) is 0.286. The molecule has 3 rings (SSSR count). The van der Waals surface area contributed by atoms with E-state index in [0.717, 1.165) is 18.4 Å². The Hall–Kier alpha value is -3.02. The number of hydrogen-bond acceptors (Lipinski definition) is 3. The number of rotatable bonds is 12. The van der Waals surface area contributed by atoms with Crippen LogP contribution < -0.4 is 10.1 Å². The summed E-state index contributed by atoms with van der Waals surface area (Å²) in [6.45, 7) is 2.55. The van der Waals surface area contributed by atoms with Crippen LogP contribution in [0.1, 0.15) is 30.9 Å². The van der Waals surface area contributed by atoms with E-state index in [1.165, 1.54) is 0 Å². The predicted octanol–water partition coefficient (Wildman–Crippen LogP) is 5.93. The highest BCUT2D eigenvalue weighted by Crippen LogP contribution is 2.24. The molecule has 0 saturated carbocycles. The van der Waals surface area contributed by atoms with Crippen LogP contribution in [0.2, 0.25) is 10.0 Å². The summed E-state index contributed by atoms with van der Waals surface area (Å²) >= 11 is 12.5. The molecule has 0 heterocycles. The molecule has 0 aromatic heterocycles. The second-order valence-electron chi connectivity index (χ2n) is 8.21. The van der Waals surface area contributed by atoms with E-state index in [9.17, 15) is 9.59 Å². The lowest BCUT2D eigenvalue weighted by molar-refractivity contribution is -0.142. The monoisotopic (exact) mass is 512 g/mol. The van der Waals surface area contributed by atoms with Gasteiger partial charge in [0.15, 0.2) is 6.61 Å². The molecule has 3 aromatic carbocycles. The van der Waals surface area contributed by atoms with Crippen LogP contribution >= 0.6 is 23.2 Å². The van der Waals surface area contributed by atoms with Gasteiger partial charge in [-0.1, -0.05) is 91.1 Å². The molecule has 7 heteroatoms. The summed E-state index contributed by atoms with van der Waals surface area (Å²) in [7, 11) is 0. The summed E-state index contributed by atoms with van der Waals surface area (Å²) in [5.41, 5.74) is 1.65. The Kier molecular flexibility index (Phi) is 10.5. The Bertz CT molecular complexity index is 1090. The Morgan fingerprint density at radius 1 is 0.971 bits per heavy atom. The zero-order chi connectivity index (χ0) is 25.0. The summed E-state index contributed by atoms with van der Waals surface area (Å²) in [4.78, 5) is 28.4. The lowest BCUT2D eigenvalue weighted by Crippen LogP contribution is -2.51. The van der Waals surface area contributed by atoms with Crippen molar-refractivity contribution in [2.75, 3.05) is 13.2 Å². The van der Waals surface area contributed by atoms with Gasteiger partial charge in [-0.05, 0) is 41.8 Å². The first-order valence-electron chi connectivity index (χ1n) is 11.7. The summed E-state index contributed by atoms with van der Waals surface area (Å²) < 4.78 is 5.74. The van der Waals surface area contributed by atoms with Crippen LogP contribution in [-0.4, -0.2) is 35.9 Å². The molecule has 0 spiro atoms. The molecule has 5 nitrogen and oxygen atoms in total. The van der Waals surface area contributed by atoms with Crippen LogP contribution in [0.15, 0.2) is 78.9 Å². The van der Waals surface area contributed by atoms with Crippen LogP contribution in [-0.2, 0) is 22.6 Å². The normalized spacial score (nSPS) is 11.5. The molecule has 0 unspecified atom stereocenters. The zero-order valence-corrected chi connectivity index (χ0v) is 21.3. The van der Waals surface area contributed by atoms with Crippen molar-refractivity contribution in [2.24, 2.45) is 0 Å². The van der Waals surface area contributed by atoms with Gasteiger partial charge in [0, 0.05) is 29.6 Å². The van der Waals surface area contributed by atoms with Gasteiger partial charge >= 0.3 is 0 Å². The molecule has 35 heavy (non-hydrogen) atoms. The number of carbonyl (C=O) groups is 2. The van der Waals surface area contributed by atoms with E-state index in [-0.39, 0.29) is 25.0 Å². The van der Waals surface area contributed by atoms with Gasteiger partial charge in [0.1, 0.15) is 11.8 Å². The average molecular weight is 513 g/mol. The summed E-state index contributed by atoms with van der Waals surface area (Å²) in [5, 5.41) is 3.93. The van der Waals surface area contributed by atoms with Gasteiger partial charge in [-0.3, -0.25) is 9.59 Å². The van der Waals surface area contributed by atoms with E-state index in [1.54, 1.807) is 35.2 Å². The van der Waals surface area contributed by atoms with Crippen molar-refractivity contribution in [3.63, 3.8) is 0 Å². The molecule has 1 atom stereocenters. The van der Waals surface area contributed by atoms with Gasteiger partial charge in [0.2, 0.25) is 5.91 Å². The third-order valence-electron chi connectivity index (χ3n) is 5.56. The van der Waals surface area contributed by atoms with E-state index in [0.29, 0.717) is 34.3 Å². The van der Waals surface area contributed by atoms with Gasteiger partial charge in [-0.15, -0.1) is 0 Å². The van der Waals surface area contributed by atoms with Gasteiger partial charge in [-0.25, -0.2) is 0 Å². The minimum Gasteiger partial charge on any atom is -0.484 e. The smallest absolute Gasteiger partial charge is 0.261 e. The molecular formula is C28H30Cl2N2O3. The largest absolute Gasteiger partial charge is 0.484 e. The number of unbranched alkanes of at least 4 members (excludes halogenated alkanes) is 1. The Labute approximate surface area is 217 Å². The van der Waals surface area contributed by atoms with Gasteiger partial charge in [0.25, 0.3) is 5.91 Å². The number of halogens is 2. The minimum absolute atomic E-state index is 0.145. The van der Waals surface area contributed by atoms with E-state index < -0.39 is 6.04 Å². The van der Waals surface area contributed by atoms with Crippen molar-refractivity contribution in [3.8, 4) is 5.75 Å². The standard InChI is InChI=1S/C28H30Cl2N2O3/c1-2-3-16-31-28(34)26(17-21-10-6-4-7-11-21)32(19-22-14-15-23(29)18-25(22)30)27(33)20-35-24-12-8-5-9-13-24/h4-15,18,26H,2-3,16-17,19-20H2,1H3,(H,31,34)/t26-/m0/s1. The summed E-state index contributed by atoms with van der Waals surface area (Å²) in [6.07, 6.45) is 2.18. The fourth-order valence-electron chi connectivity index (χ4n) is 3.64.